The summed E-state index contributed by atoms with van der Waals surface area (Å²) in [4.78, 5) is 11.5. The smallest absolute Gasteiger partial charge is 0.133 e. The summed E-state index contributed by atoms with van der Waals surface area (Å²) in [6.45, 7) is 0. The predicted molar refractivity (Wildman–Crippen MR) is 47.5 cm³/mol. The number of rotatable bonds is 1. The first-order valence-corrected chi connectivity index (χ1v) is 4.61. The van der Waals surface area contributed by atoms with Crippen molar-refractivity contribution in [2.45, 2.75) is 16.6 Å². The molecule has 1 N–H and O–H groups in total. The van der Waals surface area contributed by atoms with Gasteiger partial charge in [-0.2, -0.15) is 0 Å². The Morgan fingerprint density at radius 1 is 1.58 bits per heavy atom. The molecule has 0 fully saturated rings. The topological polar surface area (TPSA) is 37.3 Å². The van der Waals surface area contributed by atoms with Gasteiger partial charge in [-0.1, -0.05) is 6.07 Å². The van der Waals surface area contributed by atoms with Gasteiger partial charge in [0, 0.05) is 4.90 Å². The van der Waals surface area contributed by atoms with E-state index in [9.17, 15) is 4.79 Å². The van der Waals surface area contributed by atoms with Crippen LogP contribution in [0, 0.1) is 0 Å². The fraction of sp³-hybridized carbons (Fsp3) is 0.222. The lowest BCUT2D eigenvalue weighted by Gasteiger charge is -1.96. The first kappa shape index (κ1) is 7.68. The second-order valence-corrected chi connectivity index (χ2v) is 4.07. The molecule has 1 aliphatic rings. The monoisotopic (exact) mass is 180 g/mol. The molecule has 0 spiro atoms. The fourth-order valence-electron chi connectivity index (χ4n) is 1.32. The number of hydrogen-bond acceptors (Lipinski definition) is 3. The van der Waals surface area contributed by atoms with E-state index in [1.807, 2.05) is 6.07 Å². The average molecular weight is 180 g/mol. The van der Waals surface area contributed by atoms with Crippen molar-refractivity contribution in [3.8, 4) is 5.75 Å². The number of aromatic hydroxyl groups is 1. The van der Waals surface area contributed by atoms with Crippen LogP contribution in [0.2, 0.25) is 0 Å². The molecule has 0 aromatic heterocycles. The molecule has 0 saturated carbocycles. The van der Waals surface area contributed by atoms with Gasteiger partial charge in [-0.15, -0.1) is 11.8 Å². The number of fused-ring (bicyclic) bond motifs is 1. The van der Waals surface area contributed by atoms with E-state index in [-0.39, 0.29) is 11.0 Å². The van der Waals surface area contributed by atoms with E-state index in [0.29, 0.717) is 0 Å². The highest BCUT2D eigenvalue weighted by Crippen LogP contribution is 2.37. The van der Waals surface area contributed by atoms with Crippen LogP contribution >= 0.6 is 11.8 Å². The van der Waals surface area contributed by atoms with Gasteiger partial charge < -0.3 is 9.90 Å². The summed E-state index contributed by atoms with van der Waals surface area (Å²) in [5.74, 6) is 0.271. The predicted octanol–water partition coefficient (Wildman–Crippen LogP) is 1.61. The van der Waals surface area contributed by atoms with Crippen LogP contribution in [0.1, 0.15) is 5.56 Å². The van der Waals surface area contributed by atoms with E-state index in [0.717, 1.165) is 23.2 Å². The van der Waals surface area contributed by atoms with Crippen LogP contribution in [0.4, 0.5) is 0 Å². The molecule has 2 rings (SSSR count). The summed E-state index contributed by atoms with van der Waals surface area (Å²) < 4.78 is 0. The Labute approximate surface area is 74.6 Å². The number of aldehydes is 1. The number of benzene rings is 1. The number of hydrogen-bond donors (Lipinski definition) is 1. The van der Waals surface area contributed by atoms with Gasteiger partial charge in [-0.05, 0) is 24.1 Å². The zero-order valence-electron chi connectivity index (χ0n) is 6.36. The number of phenols is 1. The molecular weight excluding hydrogens is 172 g/mol. The largest absolute Gasteiger partial charge is 0.508 e. The maximum Gasteiger partial charge on any atom is 0.133 e. The van der Waals surface area contributed by atoms with Gasteiger partial charge in [0.2, 0.25) is 0 Å². The normalized spacial score (nSPS) is 20.5. The van der Waals surface area contributed by atoms with Crippen LogP contribution in [0.15, 0.2) is 23.1 Å². The molecule has 1 atom stereocenters. The Kier molecular flexibility index (Phi) is 1.81. The molecule has 1 aromatic carbocycles. The van der Waals surface area contributed by atoms with Crippen LogP contribution in [-0.2, 0) is 11.2 Å². The van der Waals surface area contributed by atoms with E-state index in [1.54, 1.807) is 12.1 Å². The first-order chi connectivity index (χ1) is 5.79. The van der Waals surface area contributed by atoms with Crippen LogP contribution in [0.25, 0.3) is 0 Å². The average Bonchev–Trinajstić information content (AvgIpc) is 2.46. The third kappa shape index (κ3) is 1.20. The molecule has 3 heteroatoms. The van der Waals surface area contributed by atoms with E-state index < -0.39 is 0 Å². The van der Waals surface area contributed by atoms with Gasteiger partial charge in [0.05, 0.1) is 5.25 Å². The Morgan fingerprint density at radius 2 is 2.42 bits per heavy atom. The molecule has 62 valence electrons. The molecule has 0 amide bonds. The van der Waals surface area contributed by atoms with Gasteiger partial charge in [0.1, 0.15) is 12.0 Å². The highest BCUT2D eigenvalue weighted by atomic mass is 32.2. The molecule has 1 unspecified atom stereocenters. The van der Waals surface area contributed by atoms with Gasteiger partial charge in [-0.25, -0.2) is 0 Å². The number of phenolic OH excluding ortho intramolecular Hbond substituents is 1. The molecule has 0 radical (unpaired) electrons. The number of carbonyl (C=O) groups excluding carboxylic acids is 1. The van der Waals surface area contributed by atoms with Crippen LogP contribution in [0.3, 0.4) is 0 Å². The van der Waals surface area contributed by atoms with Crippen molar-refractivity contribution in [2.75, 3.05) is 0 Å². The molecular formula is C9H8O2S. The van der Waals surface area contributed by atoms with E-state index >= 15 is 0 Å². The maximum atomic E-state index is 10.5. The van der Waals surface area contributed by atoms with Gasteiger partial charge in [0.25, 0.3) is 0 Å². The standard InChI is InChI=1S/C9H8O2S/c10-5-8-3-6-1-2-7(11)4-9(6)12-8/h1-2,4-5,8,11H,3H2. The van der Waals surface area contributed by atoms with Gasteiger partial charge in [0.15, 0.2) is 0 Å². The van der Waals surface area contributed by atoms with E-state index in [2.05, 4.69) is 0 Å². The lowest BCUT2D eigenvalue weighted by atomic mass is 10.1. The van der Waals surface area contributed by atoms with Crippen LogP contribution < -0.4 is 0 Å². The summed E-state index contributed by atoms with van der Waals surface area (Å²) in [6.07, 6.45) is 1.76. The summed E-state index contributed by atoms with van der Waals surface area (Å²) in [5, 5.41) is 9.20. The molecule has 2 nitrogen and oxygen atoms in total. The second kappa shape index (κ2) is 2.83. The lowest BCUT2D eigenvalue weighted by Crippen LogP contribution is -2.00. The third-order valence-corrected chi connectivity index (χ3v) is 3.12. The molecule has 1 heterocycles. The summed E-state index contributed by atoms with van der Waals surface area (Å²) in [6, 6.07) is 5.25. The minimum atomic E-state index is 0.0433. The van der Waals surface area contributed by atoms with Gasteiger partial charge >= 0.3 is 0 Å². The first-order valence-electron chi connectivity index (χ1n) is 3.73. The summed E-state index contributed by atoms with van der Waals surface area (Å²) in [5.41, 5.74) is 1.16. The Hall–Kier alpha value is -0.960. The van der Waals surface area contributed by atoms with Crippen molar-refractivity contribution in [2.24, 2.45) is 0 Å². The quantitative estimate of drug-likeness (QED) is 0.667. The molecule has 1 aliphatic heterocycles. The highest BCUT2D eigenvalue weighted by Gasteiger charge is 2.21. The Bertz CT molecular complexity index is 322. The maximum absolute atomic E-state index is 10.5. The zero-order chi connectivity index (χ0) is 8.55. The lowest BCUT2D eigenvalue weighted by molar-refractivity contribution is -0.107. The third-order valence-electron chi connectivity index (χ3n) is 1.90. The molecule has 12 heavy (non-hydrogen) atoms. The SMILES string of the molecule is O=CC1Cc2ccc(O)cc2S1. The van der Waals surface area contributed by atoms with Crippen molar-refractivity contribution in [3.05, 3.63) is 23.8 Å². The summed E-state index contributed by atoms with van der Waals surface area (Å²) >= 11 is 1.52. The van der Waals surface area contributed by atoms with Crippen LogP contribution in [-0.4, -0.2) is 16.6 Å². The van der Waals surface area contributed by atoms with Crippen molar-refractivity contribution >= 4 is 18.0 Å². The molecule has 1 aromatic rings. The molecule has 0 saturated heterocycles. The van der Waals surface area contributed by atoms with Gasteiger partial charge in [-0.3, -0.25) is 0 Å². The minimum absolute atomic E-state index is 0.0433. The second-order valence-electron chi connectivity index (χ2n) is 2.79. The zero-order valence-corrected chi connectivity index (χ0v) is 7.17. The highest BCUT2D eigenvalue weighted by molar-refractivity contribution is 8.00. The van der Waals surface area contributed by atoms with Crippen molar-refractivity contribution < 1.29 is 9.90 Å². The Morgan fingerprint density at radius 3 is 3.17 bits per heavy atom. The molecule has 0 aliphatic carbocycles. The number of carbonyl (C=O) groups is 1. The summed E-state index contributed by atoms with van der Waals surface area (Å²) in [7, 11) is 0. The Balaban J connectivity index is 2.35. The van der Waals surface area contributed by atoms with E-state index in [1.165, 1.54) is 11.8 Å². The van der Waals surface area contributed by atoms with Crippen molar-refractivity contribution in [1.29, 1.82) is 0 Å². The van der Waals surface area contributed by atoms with Crippen molar-refractivity contribution in [3.63, 3.8) is 0 Å². The fourth-order valence-corrected chi connectivity index (χ4v) is 2.46. The minimum Gasteiger partial charge on any atom is -0.508 e. The molecule has 0 bridgehead atoms. The van der Waals surface area contributed by atoms with E-state index in [4.69, 9.17) is 5.11 Å². The van der Waals surface area contributed by atoms with Crippen LogP contribution in [0.5, 0.6) is 5.75 Å². The number of thioether (sulfide) groups is 1. The van der Waals surface area contributed by atoms with Crippen molar-refractivity contribution in [1.82, 2.24) is 0 Å².